The van der Waals surface area contributed by atoms with Gasteiger partial charge in [-0.2, -0.15) is 0 Å². The highest BCUT2D eigenvalue weighted by atomic mass is 35.5. The van der Waals surface area contributed by atoms with Gasteiger partial charge in [-0.3, -0.25) is 19.2 Å². The first kappa shape index (κ1) is 25.5. The molecule has 10 heteroatoms. The molecule has 0 aromatic heterocycles. The minimum atomic E-state index is -1.54. The number of ketones is 2. The average molecular weight is 531 g/mol. The van der Waals surface area contributed by atoms with Crippen LogP contribution in [0.4, 0.5) is 0 Å². The molecule has 4 rings (SSSR count). The van der Waals surface area contributed by atoms with Crippen LogP contribution in [-0.4, -0.2) is 49.9 Å². The smallest absolute Gasteiger partial charge is 0.313 e. The van der Waals surface area contributed by atoms with Gasteiger partial charge in [-0.25, -0.2) is 0 Å². The fraction of sp³-hybridized carbons (Fsp3) is 0.231. The second-order valence-electron chi connectivity index (χ2n) is 8.01. The molecular weight excluding hydrogens is 511 g/mol. The van der Waals surface area contributed by atoms with Gasteiger partial charge in [0, 0.05) is 33.3 Å². The van der Waals surface area contributed by atoms with E-state index in [9.17, 15) is 19.2 Å². The lowest BCUT2D eigenvalue weighted by atomic mass is 9.81. The van der Waals surface area contributed by atoms with E-state index in [1.165, 1.54) is 12.2 Å². The first-order chi connectivity index (χ1) is 17.2. The Hall–Kier alpha value is -3.62. The molecule has 8 nitrogen and oxygen atoms in total. The molecule has 2 aromatic carbocycles. The first-order valence-electron chi connectivity index (χ1n) is 10.8. The summed E-state index contributed by atoms with van der Waals surface area (Å²) in [5.74, 6) is -5.76. The van der Waals surface area contributed by atoms with Crippen LogP contribution < -0.4 is 0 Å². The predicted octanol–water partition coefficient (Wildman–Crippen LogP) is 3.89. The van der Waals surface area contributed by atoms with Gasteiger partial charge in [0.05, 0.1) is 14.2 Å². The van der Waals surface area contributed by atoms with Gasteiger partial charge < -0.3 is 18.9 Å². The average Bonchev–Trinajstić information content (AvgIpc) is 3.44. The van der Waals surface area contributed by atoms with E-state index in [0.29, 0.717) is 21.2 Å². The zero-order valence-electron chi connectivity index (χ0n) is 19.1. The number of benzene rings is 2. The van der Waals surface area contributed by atoms with Crippen LogP contribution in [0.2, 0.25) is 10.0 Å². The molecule has 0 radical (unpaired) electrons. The van der Waals surface area contributed by atoms with Gasteiger partial charge in [0.1, 0.15) is 23.4 Å². The molecule has 0 amide bonds. The van der Waals surface area contributed by atoms with Crippen molar-refractivity contribution in [1.29, 1.82) is 0 Å². The number of halogens is 2. The highest BCUT2D eigenvalue weighted by Crippen LogP contribution is 2.38. The third-order valence-electron chi connectivity index (χ3n) is 5.86. The lowest BCUT2D eigenvalue weighted by Gasteiger charge is -2.30. The molecule has 0 aliphatic carbocycles. The monoisotopic (exact) mass is 530 g/mol. The predicted molar refractivity (Wildman–Crippen MR) is 130 cm³/mol. The summed E-state index contributed by atoms with van der Waals surface area (Å²) in [5, 5.41) is 0.971. The Morgan fingerprint density at radius 2 is 1.03 bits per heavy atom. The Balaban J connectivity index is 1.66. The molecular formula is C26H20Cl2O8. The second kappa shape index (κ2) is 10.6. The highest BCUT2D eigenvalue weighted by Gasteiger charge is 2.54. The maximum Gasteiger partial charge on any atom is 0.313 e. The molecule has 2 aromatic rings. The van der Waals surface area contributed by atoms with E-state index < -0.39 is 47.5 Å². The second-order valence-corrected chi connectivity index (χ2v) is 8.88. The maximum absolute atomic E-state index is 13.0. The van der Waals surface area contributed by atoms with Crippen molar-refractivity contribution in [3.05, 3.63) is 81.9 Å². The van der Waals surface area contributed by atoms with E-state index in [2.05, 4.69) is 0 Å². The van der Waals surface area contributed by atoms with Gasteiger partial charge >= 0.3 is 11.9 Å². The summed E-state index contributed by atoms with van der Waals surface area (Å²) in [6.07, 6.45) is -0.480. The molecule has 0 saturated carbocycles. The van der Waals surface area contributed by atoms with E-state index in [-0.39, 0.29) is 11.5 Å². The van der Waals surface area contributed by atoms with Gasteiger partial charge in [0.15, 0.2) is 12.2 Å². The van der Waals surface area contributed by atoms with E-state index in [1.54, 1.807) is 48.5 Å². The van der Waals surface area contributed by atoms with Crippen LogP contribution in [0.5, 0.6) is 0 Å². The molecule has 4 unspecified atom stereocenters. The van der Waals surface area contributed by atoms with Crippen LogP contribution in [0.15, 0.2) is 60.7 Å². The van der Waals surface area contributed by atoms with Gasteiger partial charge in [0.2, 0.25) is 11.6 Å². The summed E-state index contributed by atoms with van der Waals surface area (Å²) >= 11 is 11.9. The molecule has 2 heterocycles. The van der Waals surface area contributed by atoms with Crippen molar-refractivity contribution in [1.82, 2.24) is 0 Å². The van der Waals surface area contributed by atoms with E-state index in [4.69, 9.17) is 42.1 Å². The van der Waals surface area contributed by atoms with Crippen LogP contribution in [0.25, 0.3) is 11.5 Å². The van der Waals surface area contributed by atoms with Crippen molar-refractivity contribution >= 4 is 58.2 Å². The lowest BCUT2D eigenvalue weighted by molar-refractivity contribution is -0.169. The quantitative estimate of drug-likeness (QED) is 0.496. The lowest BCUT2D eigenvalue weighted by Crippen LogP contribution is -2.49. The Morgan fingerprint density at radius 1 is 0.694 bits per heavy atom. The van der Waals surface area contributed by atoms with Crippen LogP contribution >= 0.6 is 23.2 Å². The zero-order valence-corrected chi connectivity index (χ0v) is 20.6. The number of rotatable bonds is 7. The minimum Gasteiger partial charge on any atom is -0.481 e. The Bertz CT molecular complexity index is 1160. The van der Waals surface area contributed by atoms with Gasteiger partial charge in [-0.1, -0.05) is 23.2 Å². The first-order valence-corrected chi connectivity index (χ1v) is 11.5. The zero-order chi connectivity index (χ0) is 26.0. The Morgan fingerprint density at radius 3 is 1.33 bits per heavy atom. The van der Waals surface area contributed by atoms with Gasteiger partial charge in [-0.05, 0) is 48.5 Å². The van der Waals surface area contributed by atoms with Crippen molar-refractivity contribution in [2.45, 2.75) is 12.2 Å². The molecule has 0 bridgehead atoms. The van der Waals surface area contributed by atoms with Crippen LogP contribution in [0, 0.1) is 11.8 Å². The standard InChI is InChI=1S/C26H20Cl2O8/c1-33-25(31)21(23-17(29)11-19(35-23)13-3-7-15(27)8-4-13)22(26(32)34-2)24-18(30)12-20(36-24)14-5-9-16(28)10-6-14/h3-12,21-24H,1-2H3. The summed E-state index contributed by atoms with van der Waals surface area (Å²) in [4.78, 5) is 51.8. The van der Waals surface area contributed by atoms with Crippen molar-refractivity contribution in [3.63, 3.8) is 0 Å². The third kappa shape index (κ3) is 5.01. The summed E-state index contributed by atoms with van der Waals surface area (Å²) < 4.78 is 21.5. The normalized spacial score (nSPS) is 20.6. The SMILES string of the molecule is COC(=O)C(C1OC(c2ccc(Cl)cc2)=CC1=O)C(C(=O)OC)C1OC(c2ccc(Cl)cc2)=CC1=O. The summed E-state index contributed by atoms with van der Waals surface area (Å²) in [5.41, 5.74) is 1.07. The molecule has 4 atom stereocenters. The van der Waals surface area contributed by atoms with Crippen molar-refractivity contribution in [3.8, 4) is 0 Å². The van der Waals surface area contributed by atoms with Gasteiger partial charge in [0.25, 0.3) is 0 Å². The molecule has 36 heavy (non-hydrogen) atoms. The Kier molecular flexibility index (Phi) is 7.47. The summed E-state index contributed by atoms with van der Waals surface area (Å²) in [6.45, 7) is 0. The highest BCUT2D eigenvalue weighted by molar-refractivity contribution is 6.30. The van der Waals surface area contributed by atoms with Crippen molar-refractivity contribution < 1.29 is 38.1 Å². The summed E-state index contributed by atoms with van der Waals surface area (Å²) in [7, 11) is 2.21. The number of esters is 2. The largest absolute Gasteiger partial charge is 0.481 e. The molecule has 0 N–H and O–H groups in total. The van der Waals surface area contributed by atoms with Crippen LogP contribution in [0.1, 0.15) is 11.1 Å². The number of ether oxygens (including phenoxy) is 4. The van der Waals surface area contributed by atoms with Crippen molar-refractivity contribution in [2.75, 3.05) is 14.2 Å². The number of hydrogen-bond acceptors (Lipinski definition) is 8. The van der Waals surface area contributed by atoms with E-state index in [0.717, 1.165) is 14.2 Å². The van der Waals surface area contributed by atoms with Crippen molar-refractivity contribution in [2.24, 2.45) is 11.8 Å². The number of methoxy groups -OCH3 is 2. The van der Waals surface area contributed by atoms with E-state index >= 15 is 0 Å². The fourth-order valence-corrected chi connectivity index (χ4v) is 4.35. The fourth-order valence-electron chi connectivity index (χ4n) is 4.10. The minimum absolute atomic E-state index is 0.179. The molecule has 2 aliphatic heterocycles. The molecule has 0 saturated heterocycles. The molecule has 0 fully saturated rings. The van der Waals surface area contributed by atoms with Gasteiger partial charge in [-0.15, -0.1) is 0 Å². The number of carbonyl (C=O) groups excluding carboxylic acids is 4. The third-order valence-corrected chi connectivity index (χ3v) is 6.36. The van der Waals surface area contributed by atoms with Crippen LogP contribution in [0.3, 0.4) is 0 Å². The Labute approximate surface area is 216 Å². The molecule has 2 aliphatic rings. The summed E-state index contributed by atoms with van der Waals surface area (Å²) in [6, 6.07) is 13.0. The maximum atomic E-state index is 13.0. The van der Waals surface area contributed by atoms with Crippen LogP contribution in [-0.2, 0) is 38.1 Å². The topological polar surface area (TPSA) is 105 Å². The van der Waals surface area contributed by atoms with E-state index in [1.807, 2.05) is 0 Å². The molecule has 186 valence electrons. The molecule has 0 spiro atoms. The number of carbonyl (C=O) groups is 4. The number of hydrogen-bond donors (Lipinski definition) is 0.